The number of hydrogen-bond donors (Lipinski definition) is 0. The van der Waals surface area contributed by atoms with E-state index in [9.17, 15) is 0 Å². The van der Waals surface area contributed by atoms with E-state index in [1.165, 1.54) is 148 Å². The molecule has 2 aliphatic heterocycles. The summed E-state index contributed by atoms with van der Waals surface area (Å²) in [4.78, 5) is 5.27. The van der Waals surface area contributed by atoms with Gasteiger partial charge in [0.2, 0.25) is 0 Å². The molecule has 0 unspecified atom stereocenters. The Morgan fingerprint density at radius 3 is 1.00 bits per heavy atom. The topological polar surface area (TPSA) is 16.3 Å². The maximum Gasteiger partial charge on any atom is 0.257 e. The van der Waals surface area contributed by atoms with Crippen LogP contribution < -0.4 is 26.2 Å². The van der Waals surface area contributed by atoms with Crippen molar-refractivity contribution in [2.75, 3.05) is 9.80 Å². The van der Waals surface area contributed by atoms with Crippen LogP contribution in [0.3, 0.4) is 0 Å². The SMILES string of the molecule is Cc1ccc2c(c1)c1c(n2C)N(c2cccc3c4ccccc4c4ccccc4c23)c2cccc3c2B1c1c(n(C)c2ccc(C)cc12)N3c1cccc2c3ccccc3c3ccccc3c12. The molecule has 4 heterocycles. The van der Waals surface area contributed by atoms with Gasteiger partial charge in [0.25, 0.3) is 6.71 Å². The minimum Gasteiger partial charge on any atom is -0.330 e. The van der Waals surface area contributed by atoms with Crippen molar-refractivity contribution in [3.05, 3.63) is 199 Å². The molecule has 0 saturated carbocycles. The molecule has 67 heavy (non-hydrogen) atoms. The number of hydrogen-bond acceptors (Lipinski definition) is 2. The van der Waals surface area contributed by atoms with Gasteiger partial charge in [-0.1, -0.05) is 163 Å². The fourth-order valence-corrected chi connectivity index (χ4v) is 12.9. The molecule has 314 valence electrons. The summed E-state index contributed by atoms with van der Waals surface area (Å²) in [5.41, 5.74) is 13.8. The molecule has 15 rings (SSSR count). The number of anilines is 6. The van der Waals surface area contributed by atoms with E-state index in [1.807, 2.05) is 0 Å². The Kier molecular flexibility index (Phi) is 7.28. The number of aryl methyl sites for hydroxylation is 4. The molecule has 0 bridgehead atoms. The average Bonchev–Trinajstić information content (AvgIpc) is 3.82. The molecule has 11 aromatic carbocycles. The van der Waals surface area contributed by atoms with Crippen LogP contribution >= 0.6 is 0 Å². The zero-order valence-corrected chi connectivity index (χ0v) is 37.8. The van der Waals surface area contributed by atoms with Crippen molar-refractivity contribution in [3.8, 4) is 0 Å². The predicted octanol–water partition coefficient (Wildman–Crippen LogP) is 14.3. The van der Waals surface area contributed by atoms with Crippen LogP contribution in [0, 0.1) is 13.8 Å². The molecule has 2 aromatic heterocycles. The van der Waals surface area contributed by atoms with Crippen molar-refractivity contribution in [3.63, 3.8) is 0 Å². The highest BCUT2D eigenvalue weighted by Crippen LogP contribution is 2.52. The molecule has 0 radical (unpaired) electrons. The lowest BCUT2D eigenvalue weighted by Crippen LogP contribution is -2.61. The lowest BCUT2D eigenvalue weighted by Gasteiger charge is -2.43. The quantitative estimate of drug-likeness (QED) is 0.127. The molecule has 13 aromatic rings. The summed E-state index contributed by atoms with van der Waals surface area (Å²) in [6.07, 6.45) is 0. The van der Waals surface area contributed by atoms with Gasteiger partial charge in [0, 0.05) is 47.3 Å². The Bertz CT molecular complexity index is 4000. The highest BCUT2D eigenvalue weighted by atomic mass is 15.3. The lowest BCUT2D eigenvalue weighted by atomic mass is 9.33. The van der Waals surface area contributed by atoms with Gasteiger partial charge in [-0.05, 0) is 131 Å². The first-order chi connectivity index (χ1) is 33.0. The zero-order valence-electron chi connectivity index (χ0n) is 37.8. The molecular formula is C62H43BN4. The molecule has 0 atom stereocenters. The maximum atomic E-state index is 2.63. The summed E-state index contributed by atoms with van der Waals surface area (Å²) >= 11 is 0. The van der Waals surface area contributed by atoms with Gasteiger partial charge in [0.1, 0.15) is 11.6 Å². The van der Waals surface area contributed by atoms with Gasteiger partial charge in [0.15, 0.2) is 0 Å². The van der Waals surface area contributed by atoms with Crippen LogP contribution in [0.25, 0.3) is 86.4 Å². The van der Waals surface area contributed by atoms with E-state index in [-0.39, 0.29) is 6.71 Å². The standard InChI is InChI=1S/C62H43BN4/c1-36-30-32-50-48(34-36)58-61(64(50)3)66(52-26-13-24-46-42-18-7-5-16-38(42)40-20-9-11-22-44(40)56(46)52)54-28-15-29-55-60(54)63(58)59-49-35-37(2)31-33-51(49)65(4)62(59)67(55)53-27-14-25-47-43-19-8-6-17-39(43)41-21-10-12-23-45(41)57(47)53/h5-35H,1-4H3. The minimum absolute atomic E-state index is 0.0557. The number of benzene rings is 11. The fourth-order valence-electron chi connectivity index (χ4n) is 12.9. The maximum absolute atomic E-state index is 2.63. The molecule has 0 spiro atoms. The Morgan fingerprint density at radius 1 is 0.299 bits per heavy atom. The summed E-state index contributed by atoms with van der Waals surface area (Å²) in [6.45, 7) is 4.43. The largest absolute Gasteiger partial charge is 0.330 e. The van der Waals surface area contributed by atoms with Gasteiger partial charge in [-0.2, -0.15) is 0 Å². The molecule has 0 fully saturated rings. The van der Waals surface area contributed by atoms with Crippen LogP contribution in [-0.2, 0) is 14.1 Å². The third-order valence-corrected chi connectivity index (χ3v) is 15.5. The van der Waals surface area contributed by atoms with Crippen LogP contribution in [0.15, 0.2) is 188 Å². The molecule has 0 aliphatic carbocycles. The Labute approximate surface area is 388 Å². The Balaban J connectivity index is 1.14. The second kappa shape index (κ2) is 13.2. The predicted molar refractivity (Wildman–Crippen MR) is 288 cm³/mol. The first-order valence-corrected chi connectivity index (χ1v) is 23.5. The van der Waals surface area contributed by atoms with Crippen molar-refractivity contribution < 1.29 is 0 Å². The molecular weight excluding hydrogens is 812 g/mol. The van der Waals surface area contributed by atoms with E-state index < -0.39 is 0 Å². The number of rotatable bonds is 2. The van der Waals surface area contributed by atoms with Gasteiger partial charge >= 0.3 is 0 Å². The summed E-state index contributed by atoms with van der Waals surface area (Å²) in [5.74, 6) is 2.43. The van der Waals surface area contributed by atoms with E-state index in [4.69, 9.17) is 0 Å². The zero-order chi connectivity index (χ0) is 44.4. The monoisotopic (exact) mass is 854 g/mol. The van der Waals surface area contributed by atoms with Crippen LogP contribution in [0.1, 0.15) is 11.1 Å². The van der Waals surface area contributed by atoms with Crippen LogP contribution in [-0.4, -0.2) is 15.8 Å². The van der Waals surface area contributed by atoms with E-state index in [0.717, 1.165) is 0 Å². The summed E-state index contributed by atoms with van der Waals surface area (Å²) in [5, 5.41) is 17.8. The van der Waals surface area contributed by atoms with Crippen molar-refractivity contribution in [1.29, 1.82) is 0 Å². The molecule has 0 saturated heterocycles. The van der Waals surface area contributed by atoms with Crippen LogP contribution in [0.2, 0.25) is 0 Å². The Hall–Kier alpha value is -8.28. The van der Waals surface area contributed by atoms with Crippen molar-refractivity contribution in [2.45, 2.75) is 13.8 Å². The average molecular weight is 855 g/mol. The summed E-state index contributed by atoms with van der Waals surface area (Å²) in [7, 11) is 4.57. The first-order valence-electron chi connectivity index (χ1n) is 23.5. The van der Waals surface area contributed by atoms with Gasteiger partial charge in [-0.15, -0.1) is 0 Å². The van der Waals surface area contributed by atoms with Gasteiger partial charge in [-0.3, -0.25) is 9.80 Å². The number of nitrogens with zero attached hydrogens (tertiary/aromatic N) is 4. The van der Waals surface area contributed by atoms with Gasteiger partial charge in [0.05, 0.1) is 11.4 Å². The van der Waals surface area contributed by atoms with Gasteiger partial charge in [-0.25, -0.2) is 0 Å². The third kappa shape index (κ3) is 4.68. The molecule has 0 amide bonds. The molecule has 2 aliphatic rings. The van der Waals surface area contributed by atoms with Crippen molar-refractivity contribution >= 4 is 144 Å². The van der Waals surface area contributed by atoms with E-state index in [2.05, 4.69) is 235 Å². The first kappa shape index (κ1) is 37.0. The molecule has 0 N–H and O–H groups in total. The van der Waals surface area contributed by atoms with Crippen LogP contribution in [0.5, 0.6) is 0 Å². The van der Waals surface area contributed by atoms with E-state index >= 15 is 0 Å². The highest BCUT2D eigenvalue weighted by Gasteiger charge is 2.48. The Morgan fingerprint density at radius 2 is 0.612 bits per heavy atom. The summed E-state index contributed by atoms with van der Waals surface area (Å²) in [6, 6.07) is 71.0. The second-order valence-corrected chi connectivity index (χ2v) is 19.0. The minimum atomic E-state index is -0.0557. The number of aromatic nitrogens is 2. The fraction of sp³-hybridized carbons (Fsp3) is 0.0645. The third-order valence-electron chi connectivity index (χ3n) is 15.5. The van der Waals surface area contributed by atoms with Crippen molar-refractivity contribution in [2.24, 2.45) is 14.1 Å². The van der Waals surface area contributed by atoms with Gasteiger partial charge < -0.3 is 9.13 Å². The van der Waals surface area contributed by atoms with Crippen molar-refractivity contribution in [1.82, 2.24) is 9.13 Å². The molecule has 4 nitrogen and oxygen atoms in total. The smallest absolute Gasteiger partial charge is 0.257 e. The summed E-state index contributed by atoms with van der Waals surface area (Å²) < 4.78 is 4.96. The molecule has 5 heteroatoms. The normalized spacial score (nSPS) is 13.3. The number of fused-ring (bicyclic) bond motifs is 20. The van der Waals surface area contributed by atoms with Crippen LogP contribution in [0.4, 0.5) is 34.4 Å². The van der Waals surface area contributed by atoms with E-state index in [1.54, 1.807) is 0 Å². The second-order valence-electron chi connectivity index (χ2n) is 19.0. The highest BCUT2D eigenvalue weighted by molar-refractivity contribution is 7.03. The van der Waals surface area contributed by atoms with E-state index in [0.29, 0.717) is 0 Å². The lowest BCUT2D eigenvalue weighted by molar-refractivity contribution is 0.946.